The fraction of sp³-hybridized carbons (Fsp3) is 0.667. The van der Waals surface area contributed by atoms with Gasteiger partial charge in [0, 0.05) is 19.5 Å². The number of anilines is 1. The Morgan fingerprint density at radius 3 is 2.62 bits per heavy atom. The highest BCUT2D eigenvalue weighted by Crippen LogP contribution is 2.11. The zero-order valence-electron chi connectivity index (χ0n) is 9.52. The fourth-order valence-electron chi connectivity index (χ4n) is 1.24. The smallest absolute Gasteiger partial charge is 0.404 e. The Balaban J connectivity index is 2.63. The van der Waals surface area contributed by atoms with Gasteiger partial charge in [0.25, 0.3) is 0 Å². The van der Waals surface area contributed by atoms with Crippen molar-refractivity contribution in [1.82, 2.24) is 15.5 Å². The topological polar surface area (TPSA) is 100 Å². The Morgan fingerprint density at radius 2 is 2.19 bits per heavy atom. The lowest BCUT2D eigenvalue weighted by Gasteiger charge is -2.18. The number of carbonyl (C=O) groups is 1. The third-order valence-electron chi connectivity index (χ3n) is 2.19. The predicted molar refractivity (Wildman–Crippen MR) is 57.3 cm³/mol. The van der Waals surface area contributed by atoms with Crippen molar-refractivity contribution in [2.75, 3.05) is 12.4 Å². The van der Waals surface area contributed by atoms with Gasteiger partial charge in [0.05, 0.1) is 0 Å². The number of amides is 1. The molecule has 1 rings (SSSR count). The molecular formula is C9H16N4O3. The van der Waals surface area contributed by atoms with Crippen molar-refractivity contribution in [3.8, 4) is 0 Å². The van der Waals surface area contributed by atoms with Crippen LogP contribution in [-0.4, -0.2) is 34.5 Å². The van der Waals surface area contributed by atoms with Crippen LogP contribution in [0.3, 0.4) is 0 Å². The lowest BCUT2D eigenvalue weighted by Crippen LogP contribution is -2.39. The average Bonchev–Trinajstić information content (AvgIpc) is 2.63. The van der Waals surface area contributed by atoms with Gasteiger partial charge in [0.1, 0.15) is 0 Å². The van der Waals surface area contributed by atoms with Crippen molar-refractivity contribution in [3.63, 3.8) is 0 Å². The minimum atomic E-state index is -1.05. The van der Waals surface area contributed by atoms with Gasteiger partial charge in [0.15, 0.2) is 0 Å². The maximum absolute atomic E-state index is 10.6. The molecule has 1 unspecified atom stereocenters. The van der Waals surface area contributed by atoms with Gasteiger partial charge in [-0.1, -0.05) is 18.9 Å². The van der Waals surface area contributed by atoms with Gasteiger partial charge < -0.3 is 20.2 Å². The summed E-state index contributed by atoms with van der Waals surface area (Å²) < 4.78 is 5.23. The Bertz CT molecular complexity index is 350. The van der Waals surface area contributed by atoms with Crippen LogP contribution >= 0.6 is 0 Å². The summed E-state index contributed by atoms with van der Waals surface area (Å²) in [7, 11) is 1.67. The molecule has 1 atom stereocenters. The second kappa shape index (κ2) is 5.34. The summed E-state index contributed by atoms with van der Waals surface area (Å²) in [5, 5.41) is 21.3. The van der Waals surface area contributed by atoms with Crippen LogP contribution in [0.15, 0.2) is 4.42 Å². The molecular weight excluding hydrogens is 212 g/mol. The Kier molecular flexibility index (Phi) is 4.10. The summed E-state index contributed by atoms with van der Waals surface area (Å²) in [6.07, 6.45) is -0.661. The van der Waals surface area contributed by atoms with Crippen LogP contribution in [0.25, 0.3) is 0 Å². The summed E-state index contributed by atoms with van der Waals surface area (Å²) in [5.41, 5.74) is 0. The second-order valence-corrected chi connectivity index (χ2v) is 3.76. The zero-order valence-corrected chi connectivity index (χ0v) is 9.52. The van der Waals surface area contributed by atoms with E-state index in [1.807, 2.05) is 13.8 Å². The molecule has 7 heteroatoms. The van der Waals surface area contributed by atoms with E-state index in [1.165, 1.54) is 0 Å². The Morgan fingerprint density at radius 1 is 1.50 bits per heavy atom. The number of aromatic nitrogens is 2. The van der Waals surface area contributed by atoms with Crippen molar-refractivity contribution < 1.29 is 14.3 Å². The molecule has 0 aliphatic heterocycles. The second-order valence-electron chi connectivity index (χ2n) is 3.76. The quantitative estimate of drug-likeness (QED) is 0.693. The number of hydrogen-bond donors (Lipinski definition) is 3. The number of carboxylic acid groups (broad SMARTS) is 1. The average molecular weight is 228 g/mol. The fourth-order valence-corrected chi connectivity index (χ4v) is 1.24. The number of nitrogens with zero attached hydrogens (tertiary/aromatic N) is 2. The van der Waals surface area contributed by atoms with Crippen LogP contribution in [0.5, 0.6) is 0 Å². The van der Waals surface area contributed by atoms with Gasteiger partial charge in [-0.2, -0.15) is 0 Å². The lowest BCUT2D eigenvalue weighted by atomic mass is 10.0. The molecule has 0 fully saturated rings. The predicted octanol–water partition coefficient (Wildman–Crippen LogP) is 0.946. The van der Waals surface area contributed by atoms with E-state index in [2.05, 4.69) is 20.8 Å². The molecule has 1 aromatic heterocycles. The van der Waals surface area contributed by atoms with E-state index in [4.69, 9.17) is 9.52 Å². The van der Waals surface area contributed by atoms with Crippen LogP contribution in [0.1, 0.15) is 19.7 Å². The lowest BCUT2D eigenvalue weighted by molar-refractivity contribution is 0.185. The van der Waals surface area contributed by atoms with Gasteiger partial charge in [-0.15, -0.1) is 5.10 Å². The van der Waals surface area contributed by atoms with Crippen molar-refractivity contribution in [3.05, 3.63) is 5.89 Å². The van der Waals surface area contributed by atoms with Crippen molar-refractivity contribution in [2.24, 2.45) is 5.92 Å². The molecule has 1 amide bonds. The molecule has 7 nitrogen and oxygen atoms in total. The van der Waals surface area contributed by atoms with Crippen LogP contribution in [0.2, 0.25) is 0 Å². The Labute approximate surface area is 93.2 Å². The van der Waals surface area contributed by atoms with E-state index >= 15 is 0 Å². The van der Waals surface area contributed by atoms with Crippen LogP contribution in [0, 0.1) is 5.92 Å². The van der Waals surface area contributed by atoms with Crippen molar-refractivity contribution >= 4 is 12.1 Å². The first kappa shape index (κ1) is 12.3. The number of nitrogens with one attached hydrogen (secondary N) is 2. The molecule has 0 radical (unpaired) electrons. The summed E-state index contributed by atoms with van der Waals surface area (Å²) >= 11 is 0. The first-order valence-corrected chi connectivity index (χ1v) is 5.02. The first-order chi connectivity index (χ1) is 7.52. The van der Waals surface area contributed by atoms with Crippen LogP contribution in [0.4, 0.5) is 10.8 Å². The summed E-state index contributed by atoms with van der Waals surface area (Å²) in [5.74, 6) is 0.567. The minimum Gasteiger partial charge on any atom is -0.465 e. The molecule has 0 spiro atoms. The molecule has 3 N–H and O–H groups in total. The van der Waals surface area contributed by atoms with E-state index in [-0.39, 0.29) is 12.0 Å². The molecule has 0 saturated carbocycles. The highest BCUT2D eigenvalue weighted by Gasteiger charge is 2.19. The third-order valence-corrected chi connectivity index (χ3v) is 2.19. The van der Waals surface area contributed by atoms with Crippen molar-refractivity contribution in [1.29, 1.82) is 0 Å². The van der Waals surface area contributed by atoms with Gasteiger partial charge in [-0.25, -0.2) is 4.79 Å². The molecule has 0 aliphatic rings. The largest absolute Gasteiger partial charge is 0.465 e. The monoisotopic (exact) mass is 228 g/mol. The van der Waals surface area contributed by atoms with E-state index < -0.39 is 6.09 Å². The highest BCUT2D eigenvalue weighted by atomic mass is 16.4. The summed E-state index contributed by atoms with van der Waals surface area (Å²) in [6.45, 7) is 3.85. The SMILES string of the molecule is CNc1nnc(CC(NC(=O)O)C(C)C)o1. The third kappa shape index (κ3) is 3.41. The molecule has 1 aromatic rings. The van der Waals surface area contributed by atoms with Gasteiger partial charge in [-0.3, -0.25) is 0 Å². The van der Waals surface area contributed by atoms with Gasteiger partial charge in [0.2, 0.25) is 5.89 Å². The van der Waals surface area contributed by atoms with Gasteiger partial charge >= 0.3 is 12.1 Å². The number of rotatable bonds is 5. The number of hydrogen-bond acceptors (Lipinski definition) is 5. The molecule has 90 valence electrons. The normalized spacial score (nSPS) is 12.5. The van der Waals surface area contributed by atoms with E-state index in [9.17, 15) is 4.79 Å². The van der Waals surface area contributed by atoms with Crippen molar-refractivity contribution in [2.45, 2.75) is 26.3 Å². The summed E-state index contributed by atoms with van der Waals surface area (Å²) in [6, 6.07) is 0.0930. The minimum absolute atomic E-state index is 0.154. The van der Waals surface area contributed by atoms with E-state index in [1.54, 1.807) is 7.05 Å². The van der Waals surface area contributed by atoms with Gasteiger partial charge in [-0.05, 0) is 5.92 Å². The van der Waals surface area contributed by atoms with Crippen LogP contribution < -0.4 is 10.6 Å². The standard InChI is InChI=1S/C9H16N4O3/c1-5(2)6(11-9(14)15)4-7-12-13-8(10-3)16-7/h5-6,11H,4H2,1-3H3,(H,10,13)(H,14,15). The summed E-state index contributed by atoms with van der Waals surface area (Å²) in [4.78, 5) is 10.6. The zero-order chi connectivity index (χ0) is 12.1. The van der Waals surface area contributed by atoms with E-state index in [0.29, 0.717) is 18.3 Å². The molecule has 1 heterocycles. The highest BCUT2D eigenvalue weighted by molar-refractivity contribution is 5.64. The van der Waals surface area contributed by atoms with Crippen LogP contribution in [-0.2, 0) is 6.42 Å². The first-order valence-electron chi connectivity index (χ1n) is 5.02. The molecule has 0 aromatic carbocycles. The maximum Gasteiger partial charge on any atom is 0.404 e. The molecule has 16 heavy (non-hydrogen) atoms. The molecule has 0 bridgehead atoms. The van der Waals surface area contributed by atoms with E-state index in [0.717, 1.165) is 0 Å². The maximum atomic E-state index is 10.6. The molecule has 0 aliphatic carbocycles. The Hall–Kier alpha value is -1.79. The molecule has 0 saturated heterocycles.